The first-order chi connectivity index (χ1) is 10.2. The van der Waals surface area contributed by atoms with E-state index in [2.05, 4.69) is 22.3 Å². The number of furan rings is 1. The molecule has 9 heteroatoms. The van der Waals surface area contributed by atoms with Gasteiger partial charge in [-0.15, -0.1) is 12.4 Å². The van der Waals surface area contributed by atoms with Crippen LogP contribution >= 0.6 is 12.4 Å². The van der Waals surface area contributed by atoms with E-state index in [1.165, 1.54) is 12.1 Å². The Morgan fingerprint density at radius 3 is 2.39 bits per heavy atom. The summed E-state index contributed by atoms with van der Waals surface area (Å²) in [6.07, 6.45) is 1.02. The van der Waals surface area contributed by atoms with Gasteiger partial charge in [0.15, 0.2) is 5.76 Å². The second-order valence-electron chi connectivity index (χ2n) is 5.98. The lowest BCUT2D eigenvalue weighted by atomic mass is 10.1. The normalized spacial score (nSPS) is 11.8. The molecular weight excluding hydrogens is 342 g/mol. The molecule has 0 unspecified atom stereocenters. The number of sulfonamides is 1. The average molecular weight is 368 g/mol. The van der Waals surface area contributed by atoms with Gasteiger partial charge in [-0.05, 0) is 45.9 Å². The molecule has 134 valence electrons. The van der Waals surface area contributed by atoms with E-state index in [1.807, 2.05) is 0 Å². The second-order valence-corrected chi connectivity index (χ2v) is 7.59. The minimum atomic E-state index is -3.77. The molecule has 0 aliphatic carbocycles. The highest BCUT2D eigenvalue weighted by atomic mass is 35.5. The number of halogens is 1. The van der Waals surface area contributed by atoms with Gasteiger partial charge in [0.2, 0.25) is 5.09 Å². The maximum absolute atomic E-state index is 12.1. The highest BCUT2D eigenvalue weighted by Gasteiger charge is 2.26. The molecule has 1 aromatic rings. The molecule has 0 fully saturated rings. The van der Waals surface area contributed by atoms with Gasteiger partial charge in [0, 0.05) is 18.6 Å². The second kappa shape index (κ2) is 9.27. The maximum Gasteiger partial charge on any atom is 0.287 e. The minimum absolute atomic E-state index is 0. The van der Waals surface area contributed by atoms with Crippen LogP contribution in [-0.4, -0.2) is 39.5 Å². The molecule has 3 N–H and O–H groups in total. The van der Waals surface area contributed by atoms with Gasteiger partial charge in [-0.25, -0.2) is 13.1 Å². The van der Waals surface area contributed by atoms with Gasteiger partial charge in [-0.2, -0.15) is 0 Å². The van der Waals surface area contributed by atoms with Crippen molar-refractivity contribution in [2.45, 2.75) is 44.7 Å². The van der Waals surface area contributed by atoms with Crippen molar-refractivity contribution in [3.8, 4) is 0 Å². The predicted octanol–water partition coefficient (Wildman–Crippen LogP) is 1.51. The van der Waals surface area contributed by atoms with Gasteiger partial charge >= 0.3 is 0 Å². The fraction of sp³-hybridized carbons (Fsp3) is 0.643. The molecule has 1 rings (SSSR count). The van der Waals surface area contributed by atoms with Crippen molar-refractivity contribution in [3.05, 3.63) is 17.9 Å². The topological polar surface area (TPSA) is 100 Å². The molecule has 0 saturated carbocycles. The van der Waals surface area contributed by atoms with Crippen molar-refractivity contribution in [2.75, 3.05) is 19.6 Å². The highest BCUT2D eigenvalue weighted by Crippen LogP contribution is 2.16. The van der Waals surface area contributed by atoms with Crippen LogP contribution in [0.25, 0.3) is 0 Å². The summed E-state index contributed by atoms with van der Waals surface area (Å²) in [7, 11) is -3.77. The predicted molar refractivity (Wildman–Crippen MR) is 91.5 cm³/mol. The molecule has 23 heavy (non-hydrogen) atoms. The van der Waals surface area contributed by atoms with Crippen LogP contribution in [0.2, 0.25) is 0 Å². The van der Waals surface area contributed by atoms with Crippen molar-refractivity contribution >= 4 is 28.3 Å². The number of carbonyl (C=O) groups excluding carboxylic acids is 1. The molecule has 1 heterocycles. The molecule has 0 atom stereocenters. The summed E-state index contributed by atoms with van der Waals surface area (Å²) < 4.78 is 31.8. The standard InChI is InChI=1S/C14H25N3O4S.ClH/c1-5-8-15-9-10-16-13(18)11-6-7-12(21-11)22(19,20)17-14(2,3)4;/h6-7,15,17H,5,8-10H2,1-4H3,(H,16,18);1H. The Morgan fingerprint density at radius 2 is 1.83 bits per heavy atom. The highest BCUT2D eigenvalue weighted by molar-refractivity contribution is 7.89. The Labute approximate surface area is 144 Å². The third-order valence-corrected chi connectivity index (χ3v) is 4.15. The zero-order chi connectivity index (χ0) is 16.8. The summed E-state index contributed by atoms with van der Waals surface area (Å²) >= 11 is 0. The van der Waals surface area contributed by atoms with Crippen LogP contribution in [0.1, 0.15) is 44.7 Å². The van der Waals surface area contributed by atoms with Crippen molar-refractivity contribution in [3.63, 3.8) is 0 Å². The lowest BCUT2D eigenvalue weighted by Gasteiger charge is -2.18. The SMILES string of the molecule is CCCNCCNC(=O)c1ccc(S(=O)(=O)NC(C)(C)C)o1.Cl. The van der Waals surface area contributed by atoms with E-state index < -0.39 is 21.5 Å². The smallest absolute Gasteiger partial charge is 0.287 e. The molecule has 0 radical (unpaired) electrons. The molecule has 1 aromatic heterocycles. The maximum atomic E-state index is 12.1. The van der Waals surface area contributed by atoms with Crippen LogP contribution in [0.15, 0.2) is 21.6 Å². The zero-order valence-corrected chi connectivity index (χ0v) is 15.6. The number of hydrogen-bond acceptors (Lipinski definition) is 5. The van der Waals surface area contributed by atoms with E-state index in [4.69, 9.17) is 4.42 Å². The Kier molecular flexibility index (Phi) is 8.83. The Hall–Kier alpha value is -1.09. The number of nitrogens with one attached hydrogen (secondary N) is 3. The van der Waals surface area contributed by atoms with Gasteiger partial charge in [-0.3, -0.25) is 4.79 Å². The Balaban J connectivity index is 0.00000484. The molecular formula is C14H26ClN3O4S. The zero-order valence-electron chi connectivity index (χ0n) is 13.9. The van der Waals surface area contributed by atoms with Gasteiger partial charge < -0.3 is 15.1 Å². The summed E-state index contributed by atoms with van der Waals surface area (Å²) in [5, 5.41) is 5.54. The van der Waals surface area contributed by atoms with E-state index in [-0.39, 0.29) is 23.3 Å². The van der Waals surface area contributed by atoms with Crippen molar-refractivity contribution in [2.24, 2.45) is 0 Å². The van der Waals surface area contributed by atoms with Crippen LogP contribution in [0.4, 0.5) is 0 Å². The summed E-state index contributed by atoms with van der Waals surface area (Å²) in [4.78, 5) is 11.9. The molecule has 0 aliphatic heterocycles. The van der Waals surface area contributed by atoms with E-state index in [0.717, 1.165) is 13.0 Å². The first kappa shape index (κ1) is 21.9. The summed E-state index contributed by atoms with van der Waals surface area (Å²) in [6.45, 7) is 9.22. The molecule has 0 spiro atoms. The number of carbonyl (C=O) groups is 1. The van der Waals surface area contributed by atoms with Crippen LogP contribution < -0.4 is 15.4 Å². The molecule has 7 nitrogen and oxygen atoms in total. The first-order valence-corrected chi connectivity index (χ1v) is 8.77. The van der Waals surface area contributed by atoms with E-state index in [0.29, 0.717) is 13.1 Å². The van der Waals surface area contributed by atoms with E-state index >= 15 is 0 Å². The minimum Gasteiger partial charge on any atom is -0.438 e. The summed E-state index contributed by atoms with van der Waals surface area (Å²) in [5.74, 6) is -0.458. The van der Waals surface area contributed by atoms with Crippen LogP contribution in [0.3, 0.4) is 0 Å². The van der Waals surface area contributed by atoms with Crippen molar-refractivity contribution < 1.29 is 17.6 Å². The number of hydrogen-bond donors (Lipinski definition) is 3. The van der Waals surface area contributed by atoms with Gasteiger partial charge in [0.05, 0.1) is 0 Å². The molecule has 0 saturated heterocycles. The Bertz CT molecular complexity index is 593. The van der Waals surface area contributed by atoms with Gasteiger partial charge in [0.1, 0.15) is 0 Å². The van der Waals surface area contributed by atoms with E-state index in [1.54, 1.807) is 20.8 Å². The molecule has 0 aromatic carbocycles. The average Bonchev–Trinajstić information content (AvgIpc) is 2.86. The van der Waals surface area contributed by atoms with Crippen molar-refractivity contribution in [1.29, 1.82) is 0 Å². The van der Waals surface area contributed by atoms with E-state index in [9.17, 15) is 13.2 Å². The molecule has 0 aliphatic rings. The van der Waals surface area contributed by atoms with Gasteiger partial charge in [0.25, 0.3) is 15.9 Å². The lowest BCUT2D eigenvalue weighted by Crippen LogP contribution is -2.40. The lowest BCUT2D eigenvalue weighted by molar-refractivity contribution is 0.0921. The first-order valence-electron chi connectivity index (χ1n) is 7.28. The molecule has 1 amide bonds. The number of amides is 1. The largest absolute Gasteiger partial charge is 0.438 e. The molecule has 0 bridgehead atoms. The monoisotopic (exact) mass is 367 g/mol. The third kappa shape index (κ3) is 7.83. The fourth-order valence-corrected chi connectivity index (χ4v) is 3.05. The summed E-state index contributed by atoms with van der Waals surface area (Å²) in [5.41, 5.74) is -0.626. The van der Waals surface area contributed by atoms with Gasteiger partial charge in [-0.1, -0.05) is 6.92 Å². The van der Waals surface area contributed by atoms with Crippen LogP contribution in [0, 0.1) is 0 Å². The fourth-order valence-electron chi connectivity index (χ4n) is 1.69. The number of rotatable bonds is 8. The van der Waals surface area contributed by atoms with Crippen LogP contribution in [0.5, 0.6) is 0 Å². The van der Waals surface area contributed by atoms with Crippen LogP contribution in [-0.2, 0) is 10.0 Å². The quantitative estimate of drug-likeness (QED) is 0.604. The Morgan fingerprint density at radius 1 is 1.17 bits per heavy atom. The van der Waals surface area contributed by atoms with Crippen molar-refractivity contribution in [1.82, 2.24) is 15.4 Å². The third-order valence-electron chi connectivity index (χ3n) is 2.52. The summed E-state index contributed by atoms with van der Waals surface area (Å²) in [6, 6.07) is 2.63.